The Hall–Kier alpha value is -1.03. The molecule has 1 aromatic heterocycles. The predicted octanol–water partition coefficient (Wildman–Crippen LogP) is 0.374. The highest BCUT2D eigenvalue weighted by molar-refractivity contribution is 5.34. The zero-order valence-electron chi connectivity index (χ0n) is 8.45. The molecule has 2 fully saturated rings. The van der Waals surface area contributed by atoms with Crippen molar-refractivity contribution < 1.29 is 0 Å². The molecule has 2 saturated heterocycles. The number of nitrogens with zero attached hydrogens (tertiary/aromatic N) is 2. The molecule has 2 atom stereocenters. The summed E-state index contributed by atoms with van der Waals surface area (Å²) < 4.78 is 0. The highest BCUT2D eigenvalue weighted by Gasteiger charge is 2.36. The van der Waals surface area contributed by atoms with Crippen LogP contribution in [-0.4, -0.2) is 36.1 Å². The van der Waals surface area contributed by atoms with E-state index in [-0.39, 0.29) is 0 Å². The van der Waals surface area contributed by atoms with Crippen molar-refractivity contribution in [3.8, 4) is 0 Å². The summed E-state index contributed by atoms with van der Waals surface area (Å²) in [6, 6.07) is 0. The number of hydrogen-bond donors (Lipinski definition) is 2. The third-order valence-corrected chi connectivity index (χ3v) is 3.38. The highest BCUT2D eigenvalue weighted by Crippen LogP contribution is 2.28. The van der Waals surface area contributed by atoms with Gasteiger partial charge in [0.25, 0.3) is 0 Å². The first kappa shape index (κ1) is 8.29. The van der Waals surface area contributed by atoms with Gasteiger partial charge in [-0.1, -0.05) is 0 Å². The van der Waals surface area contributed by atoms with Crippen molar-refractivity contribution in [3.05, 3.63) is 11.9 Å². The van der Waals surface area contributed by atoms with Crippen LogP contribution in [-0.2, 0) is 0 Å². The SMILES string of the molecule is Cc1cnc(N2CC3CNCC3C2)[nH]1. The van der Waals surface area contributed by atoms with Gasteiger partial charge in [0.05, 0.1) is 0 Å². The second-order valence-corrected chi connectivity index (χ2v) is 4.47. The Morgan fingerprint density at radius 3 is 2.64 bits per heavy atom. The molecule has 3 rings (SSSR count). The molecule has 2 aliphatic rings. The molecular weight excluding hydrogens is 176 g/mol. The van der Waals surface area contributed by atoms with Crippen molar-refractivity contribution >= 4 is 5.95 Å². The van der Waals surface area contributed by atoms with E-state index in [1.807, 2.05) is 6.20 Å². The number of imidazole rings is 1. The Labute approximate surface area is 83.7 Å². The van der Waals surface area contributed by atoms with Crippen LogP contribution < -0.4 is 10.2 Å². The van der Waals surface area contributed by atoms with Crippen LogP contribution in [0.2, 0.25) is 0 Å². The van der Waals surface area contributed by atoms with Gasteiger partial charge in [-0.2, -0.15) is 0 Å². The first-order valence-corrected chi connectivity index (χ1v) is 5.30. The number of H-pyrrole nitrogens is 1. The number of aromatic nitrogens is 2. The second-order valence-electron chi connectivity index (χ2n) is 4.47. The summed E-state index contributed by atoms with van der Waals surface area (Å²) in [5, 5.41) is 3.44. The fraction of sp³-hybridized carbons (Fsp3) is 0.700. The van der Waals surface area contributed by atoms with Crippen LogP contribution >= 0.6 is 0 Å². The van der Waals surface area contributed by atoms with E-state index in [9.17, 15) is 0 Å². The maximum atomic E-state index is 4.38. The van der Waals surface area contributed by atoms with Crippen molar-refractivity contribution in [1.82, 2.24) is 15.3 Å². The first-order valence-electron chi connectivity index (χ1n) is 5.30. The summed E-state index contributed by atoms with van der Waals surface area (Å²) in [6.45, 7) is 6.73. The van der Waals surface area contributed by atoms with E-state index in [0.29, 0.717) is 0 Å². The molecule has 2 unspecified atom stereocenters. The molecule has 0 radical (unpaired) electrons. The fourth-order valence-corrected chi connectivity index (χ4v) is 2.59. The third-order valence-electron chi connectivity index (χ3n) is 3.38. The molecule has 3 heterocycles. The van der Waals surface area contributed by atoms with Gasteiger partial charge in [0, 0.05) is 38.1 Å². The molecule has 0 amide bonds. The second kappa shape index (κ2) is 2.98. The zero-order valence-corrected chi connectivity index (χ0v) is 8.45. The van der Waals surface area contributed by atoms with E-state index in [0.717, 1.165) is 36.6 Å². The Morgan fingerprint density at radius 1 is 1.36 bits per heavy atom. The highest BCUT2D eigenvalue weighted by atomic mass is 15.3. The predicted molar refractivity (Wildman–Crippen MR) is 55.4 cm³/mol. The molecular formula is C10H16N4. The summed E-state index contributed by atoms with van der Waals surface area (Å²) in [5.41, 5.74) is 1.15. The van der Waals surface area contributed by atoms with Gasteiger partial charge >= 0.3 is 0 Å². The van der Waals surface area contributed by atoms with Gasteiger partial charge in [0.15, 0.2) is 0 Å². The average molecular weight is 192 g/mol. The van der Waals surface area contributed by atoms with Gasteiger partial charge in [0.1, 0.15) is 0 Å². The molecule has 1 aromatic rings. The lowest BCUT2D eigenvalue weighted by atomic mass is 10.0. The first-order chi connectivity index (χ1) is 6.83. The zero-order chi connectivity index (χ0) is 9.54. The Bertz CT molecular complexity index is 321. The van der Waals surface area contributed by atoms with Gasteiger partial charge < -0.3 is 15.2 Å². The number of nitrogens with one attached hydrogen (secondary N) is 2. The van der Waals surface area contributed by atoms with Crippen molar-refractivity contribution in [2.45, 2.75) is 6.92 Å². The molecule has 2 aliphatic heterocycles. The van der Waals surface area contributed by atoms with Crippen molar-refractivity contribution in [2.75, 3.05) is 31.1 Å². The number of fused-ring (bicyclic) bond motifs is 1. The lowest BCUT2D eigenvalue weighted by Gasteiger charge is -2.15. The van der Waals surface area contributed by atoms with E-state index in [1.54, 1.807) is 0 Å². The average Bonchev–Trinajstić information content (AvgIpc) is 2.75. The minimum Gasteiger partial charge on any atom is -0.342 e. The normalized spacial score (nSPS) is 31.1. The van der Waals surface area contributed by atoms with Crippen LogP contribution in [0, 0.1) is 18.8 Å². The molecule has 2 N–H and O–H groups in total. The molecule has 0 saturated carbocycles. The summed E-state index contributed by atoms with van der Waals surface area (Å²) in [4.78, 5) is 10.1. The topological polar surface area (TPSA) is 44.0 Å². The monoisotopic (exact) mass is 192 g/mol. The lowest BCUT2D eigenvalue weighted by molar-refractivity contribution is 0.533. The minimum absolute atomic E-state index is 0.834. The van der Waals surface area contributed by atoms with E-state index in [1.165, 1.54) is 13.1 Å². The van der Waals surface area contributed by atoms with Crippen LogP contribution in [0.25, 0.3) is 0 Å². The Balaban J connectivity index is 1.76. The Morgan fingerprint density at radius 2 is 2.07 bits per heavy atom. The number of aromatic amines is 1. The number of aryl methyl sites for hydroxylation is 1. The summed E-state index contributed by atoms with van der Waals surface area (Å²) in [5.74, 6) is 2.72. The van der Waals surface area contributed by atoms with Crippen molar-refractivity contribution in [1.29, 1.82) is 0 Å². The van der Waals surface area contributed by atoms with Gasteiger partial charge in [-0.25, -0.2) is 4.98 Å². The van der Waals surface area contributed by atoms with E-state index >= 15 is 0 Å². The number of rotatable bonds is 1. The van der Waals surface area contributed by atoms with Crippen LogP contribution in [0.5, 0.6) is 0 Å². The van der Waals surface area contributed by atoms with Crippen LogP contribution in [0.4, 0.5) is 5.95 Å². The maximum Gasteiger partial charge on any atom is 0.202 e. The molecule has 76 valence electrons. The molecule has 4 heteroatoms. The van der Waals surface area contributed by atoms with E-state index < -0.39 is 0 Å². The van der Waals surface area contributed by atoms with E-state index in [4.69, 9.17) is 0 Å². The Kier molecular flexibility index (Phi) is 1.77. The molecule has 4 nitrogen and oxygen atoms in total. The van der Waals surface area contributed by atoms with Gasteiger partial charge in [-0.3, -0.25) is 0 Å². The van der Waals surface area contributed by atoms with Gasteiger partial charge in [-0.05, 0) is 18.8 Å². The molecule has 0 bridgehead atoms. The van der Waals surface area contributed by atoms with Crippen molar-refractivity contribution in [2.24, 2.45) is 11.8 Å². The standard InChI is InChI=1S/C10H16N4/c1-7-2-12-10(13-7)14-5-8-3-11-4-9(8)6-14/h2,8-9,11H,3-6H2,1H3,(H,12,13). The van der Waals surface area contributed by atoms with Crippen molar-refractivity contribution in [3.63, 3.8) is 0 Å². The molecule has 0 aromatic carbocycles. The lowest BCUT2D eigenvalue weighted by Crippen LogP contribution is -2.26. The maximum absolute atomic E-state index is 4.38. The summed E-state index contributed by atoms with van der Waals surface area (Å²) >= 11 is 0. The van der Waals surface area contributed by atoms with Gasteiger partial charge in [0.2, 0.25) is 5.95 Å². The fourth-order valence-electron chi connectivity index (χ4n) is 2.59. The van der Waals surface area contributed by atoms with Crippen LogP contribution in [0.1, 0.15) is 5.69 Å². The smallest absolute Gasteiger partial charge is 0.202 e. The van der Waals surface area contributed by atoms with Crippen LogP contribution in [0.3, 0.4) is 0 Å². The third kappa shape index (κ3) is 1.21. The summed E-state index contributed by atoms with van der Waals surface area (Å²) in [6.07, 6.45) is 1.90. The number of anilines is 1. The quantitative estimate of drug-likeness (QED) is 0.676. The molecule has 14 heavy (non-hydrogen) atoms. The molecule has 0 aliphatic carbocycles. The van der Waals surface area contributed by atoms with E-state index in [2.05, 4.69) is 27.1 Å². The number of hydrogen-bond acceptors (Lipinski definition) is 3. The largest absolute Gasteiger partial charge is 0.342 e. The molecule has 0 spiro atoms. The summed E-state index contributed by atoms with van der Waals surface area (Å²) in [7, 11) is 0. The van der Waals surface area contributed by atoms with Crippen LogP contribution in [0.15, 0.2) is 6.20 Å². The minimum atomic E-state index is 0.834. The van der Waals surface area contributed by atoms with Gasteiger partial charge in [-0.15, -0.1) is 0 Å².